The summed E-state index contributed by atoms with van der Waals surface area (Å²) in [4.78, 5) is 23.4. The summed E-state index contributed by atoms with van der Waals surface area (Å²) in [7, 11) is 0. The van der Waals surface area contributed by atoms with Crippen molar-refractivity contribution in [3.05, 3.63) is 16.6 Å². The average molecular weight is 411 g/mol. The third kappa shape index (κ3) is 6.13. The van der Waals surface area contributed by atoms with Gasteiger partial charge in [-0.05, 0) is 49.7 Å². The fourth-order valence-corrected chi connectivity index (χ4v) is 3.40. The number of carbonyl (C=O) groups is 2. The smallest absolute Gasteiger partial charge is 0.393 e. The molecule has 1 fully saturated rings. The normalized spacial score (nSPS) is 22.2. The van der Waals surface area contributed by atoms with Gasteiger partial charge in [0.2, 0.25) is 5.91 Å². The number of aromatic nitrogens is 1. The number of hydrogen-bond acceptors (Lipinski definition) is 5. The second-order valence-corrected chi connectivity index (χ2v) is 7.40. The number of nitrogens with zero attached hydrogens (tertiary/aromatic N) is 1. The molecule has 1 aliphatic rings. The van der Waals surface area contributed by atoms with Crippen LogP contribution in [0.4, 0.5) is 17.6 Å². The van der Waals surface area contributed by atoms with E-state index < -0.39 is 36.0 Å². The van der Waals surface area contributed by atoms with Crippen LogP contribution < -0.4 is 10.6 Å². The van der Waals surface area contributed by atoms with Crippen molar-refractivity contribution in [1.82, 2.24) is 15.0 Å². The van der Waals surface area contributed by atoms with Gasteiger partial charge in [0.15, 0.2) is 5.69 Å². The van der Waals surface area contributed by atoms with Gasteiger partial charge in [0, 0.05) is 19.0 Å². The highest BCUT2D eigenvalue weighted by Gasteiger charge is 2.47. The van der Waals surface area contributed by atoms with E-state index >= 15 is 0 Å². The summed E-state index contributed by atoms with van der Waals surface area (Å²) in [6.07, 6.45) is -2.53. The van der Waals surface area contributed by atoms with Gasteiger partial charge in [-0.25, -0.2) is 4.39 Å². The molecule has 152 valence electrons. The second kappa shape index (κ2) is 8.96. The van der Waals surface area contributed by atoms with E-state index in [2.05, 4.69) is 15.0 Å². The lowest BCUT2D eigenvalue weighted by Gasteiger charge is -2.38. The largest absolute Gasteiger partial charge is 0.434 e. The summed E-state index contributed by atoms with van der Waals surface area (Å²) in [5.41, 5.74) is -2.71. The molecular formula is C16H21F4N3O3S. The molecule has 1 aromatic heterocycles. The number of unbranched alkanes of at least 4 members (excludes halogenated alkanes) is 2. The molecule has 0 unspecified atom stereocenters. The minimum Gasteiger partial charge on any atom is -0.393 e. The first-order valence-corrected chi connectivity index (χ1v) is 9.31. The highest BCUT2D eigenvalue weighted by molar-refractivity contribution is 7.08. The fraction of sp³-hybridized carbons (Fsp3) is 0.688. The Balaban J connectivity index is 1.53. The monoisotopic (exact) mass is 411 g/mol. The highest BCUT2D eigenvalue weighted by Crippen LogP contribution is 2.40. The van der Waals surface area contributed by atoms with Crippen LogP contribution in [-0.4, -0.2) is 46.7 Å². The van der Waals surface area contributed by atoms with Crippen LogP contribution in [0.1, 0.15) is 47.5 Å². The van der Waals surface area contributed by atoms with Crippen LogP contribution >= 0.6 is 11.5 Å². The Labute approximate surface area is 157 Å². The van der Waals surface area contributed by atoms with E-state index in [1.807, 2.05) is 0 Å². The van der Waals surface area contributed by atoms with Gasteiger partial charge in [-0.1, -0.05) is 0 Å². The van der Waals surface area contributed by atoms with Crippen LogP contribution in [0.2, 0.25) is 0 Å². The predicted molar refractivity (Wildman–Crippen MR) is 90.0 cm³/mol. The van der Waals surface area contributed by atoms with Gasteiger partial charge >= 0.3 is 6.18 Å². The molecule has 1 aromatic rings. The first-order valence-electron chi connectivity index (χ1n) is 8.54. The lowest BCUT2D eigenvalue weighted by molar-refractivity contribution is -0.140. The standard InChI is InChI=1S/C16H21F4N3O3S/c17-15(9-24)7-10(8-15)13(25)21-4-2-1-3-5-22-14(26)11-6-12(23-27-11)16(18,19)20/h6,10,24H,1-5,7-9H2,(H,21,25)(H,22,26). The maximum Gasteiger partial charge on any atom is 0.434 e. The molecule has 6 nitrogen and oxygen atoms in total. The Kier molecular flexibility index (Phi) is 7.15. The molecule has 2 amide bonds. The molecule has 1 aliphatic carbocycles. The summed E-state index contributed by atoms with van der Waals surface area (Å²) in [5, 5.41) is 14.0. The lowest BCUT2D eigenvalue weighted by atomic mass is 9.72. The number of nitrogens with one attached hydrogen (secondary N) is 2. The lowest BCUT2D eigenvalue weighted by Crippen LogP contribution is -2.49. The van der Waals surface area contributed by atoms with Crippen LogP contribution in [0, 0.1) is 5.92 Å². The van der Waals surface area contributed by atoms with Crippen molar-refractivity contribution in [3.63, 3.8) is 0 Å². The molecule has 0 aromatic carbocycles. The summed E-state index contributed by atoms with van der Waals surface area (Å²) in [6, 6.07) is 0.721. The third-order valence-electron chi connectivity index (χ3n) is 4.34. The minimum absolute atomic E-state index is 0.0367. The van der Waals surface area contributed by atoms with Crippen molar-refractivity contribution >= 4 is 23.3 Å². The van der Waals surface area contributed by atoms with Gasteiger partial charge < -0.3 is 15.7 Å². The topological polar surface area (TPSA) is 91.3 Å². The molecule has 0 spiro atoms. The number of hydrogen-bond donors (Lipinski definition) is 3. The van der Waals surface area contributed by atoms with E-state index in [-0.39, 0.29) is 23.6 Å². The maximum absolute atomic E-state index is 13.5. The predicted octanol–water partition coefficient (Wildman–Crippen LogP) is 2.29. The van der Waals surface area contributed by atoms with E-state index in [4.69, 9.17) is 5.11 Å². The van der Waals surface area contributed by atoms with Crippen LogP contribution in [-0.2, 0) is 11.0 Å². The highest BCUT2D eigenvalue weighted by atomic mass is 32.1. The van der Waals surface area contributed by atoms with E-state index in [1.54, 1.807) is 0 Å². The summed E-state index contributed by atoms with van der Waals surface area (Å²) in [6.45, 7) is 0.155. The van der Waals surface area contributed by atoms with Crippen LogP contribution in [0.5, 0.6) is 0 Å². The van der Waals surface area contributed by atoms with Crippen molar-refractivity contribution in [2.24, 2.45) is 5.92 Å². The quantitative estimate of drug-likeness (QED) is 0.430. The molecule has 0 radical (unpaired) electrons. The molecule has 0 aliphatic heterocycles. The number of aliphatic hydroxyl groups excluding tert-OH is 1. The summed E-state index contributed by atoms with van der Waals surface area (Å²) >= 11 is 0.499. The molecule has 27 heavy (non-hydrogen) atoms. The Morgan fingerprint density at radius 3 is 2.41 bits per heavy atom. The summed E-state index contributed by atoms with van der Waals surface area (Å²) in [5.74, 6) is -1.22. The Morgan fingerprint density at radius 2 is 1.85 bits per heavy atom. The van der Waals surface area contributed by atoms with Gasteiger partial charge in [0.25, 0.3) is 5.91 Å². The molecule has 11 heteroatoms. The third-order valence-corrected chi connectivity index (χ3v) is 5.13. The van der Waals surface area contributed by atoms with E-state index in [0.29, 0.717) is 43.9 Å². The first kappa shape index (κ1) is 21.5. The zero-order chi connectivity index (χ0) is 20.1. The molecule has 0 saturated heterocycles. The zero-order valence-corrected chi connectivity index (χ0v) is 15.3. The number of amides is 2. The molecular weight excluding hydrogens is 390 g/mol. The van der Waals surface area contributed by atoms with Crippen LogP contribution in [0.15, 0.2) is 6.07 Å². The van der Waals surface area contributed by atoms with Gasteiger partial charge in [0.05, 0.1) is 6.61 Å². The van der Waals surface area contributed by atoms with E-state index in [0.717, 1.165) is 6.07 Å². The Hall–Kier alpha value is -1.75. The summed E-state index contributed by atoms with van der Waals surface area (Å²) < 4.78 is 54.0. The zero-order valence-electron chi connectivity index (χ0n) is 14.4. The molecule has 1 saturated carbocycles. The minimum atomic E-state index is -4.57. The van der Waals surface area contributed by atoms with Gasteiger partial charge in [-0.2, -0.15) is 17.5 Å². The number of rotatable bonds is 9. The molecule has 2 rings (SSSR count). The van der Waals surface area contributed by atoms with E-state index in [9.17, 15) is 27.2 Å². The van der Waals surface area contributed by atoms with Crippen LogP contribution in [0.3, 0.4) is 0 Å². The van der Waals surface area contributed by atoms with Gasteiger partial charge in [-0.15, -0.1) is 0 Å². The number of alkyl halides is 4. The SMILES string of the molecule is O=C(NCCCCCNC(=O)C1CC(F)(CO)C1)c1cc(C(F)(F)F)ns1. The van der Waals surface area contributed by atoms with Crippen molar-refractivity contribution in [2.75, 3.05) is 19.7 Å². The number of halogens is 4. The van der Waals surface area contributed by atoms with E-state index in [1.165, 1.54) is 0 Å². The number of aliphatic hydroxyl groups is 1. The molecule has 3 N–H and O–H groups in total. The molecule has 0 atom stereocenters. The second-order valence-electron chi connectivity index (χ2n) is 6.60. The Bertz CT molecular complexity index is 660. The average Bonchev–Trinajstić information content (AvgIpc) is 3.08. The number of carbonyl (C=O) groups excluding carboxylic acids is 2. The van der Waals surface area contributed by atoms with Crippen molar-refractivity contribution in [1.29, 1.82) is 0 Å². The first-order chi connectivity index (χ1) is 12.6. The molecule has 0 bridgehead atoms. The Morgan fingerprint density at radius 1 is 1.22 bits per heavy atom. The van der Waals surface area contributed by atoms with Crippen LogP contribution in [0.25, 0.3) is 0 Å². The maximum atomic E-state index is 13.5. The fourth-order valence-electron chi connectivity index (χ4n) is 2.73. The van der Waals surface area contributed by atoms with Crippen molar-refractivity contribution < 1.29 is 32.3 Å². The molecule has 1 heterocycles. The van der Waals surface area contributed by atoms with Crippen molar-refractivity contribution in [3.8, 4) is 0 Å². The van der Waals surface area contributed by atoms with Gasteiger partial charge in [-0.3, -0.25) is 9.59 Å². The van der Waals surface area contributed by atoms with Gasteiger partial charge in [0.1, 0.15) is 10.5 Å². The van der Waals surface area contributed by atoms with Crippen molar-refractivity contribution in [2.45, 2.75) is 43.9 Å².